The second kappa shape index (κ2) is 7.66. The van der Waals surface area contributed by atoms with E-state index in [4.69, 9.17) is 4.74 Å². The molecule has 7 heteroatoms. The largest absolute Gasteiger partial charge is 0.444 e. The van der Waals surface area contributed by atoms with Crippen molar-refractivity contribution < 1.29 is 17.9 Å². The monoisotopic (exact) mass is 436 g/mol. The second-order valence-electron chi connectivity index (χ2n) is 8.15. The molecule has 0 saturated carbocycles. The molecule has 0 aliphatic carbocycles. The van der Waals surface area contributed by atoms with Crippen LogP contribution in [-0.4, -0.2) is 37.9 Å². The highest BCUT2D eigenvalue weighted by Crippen LogP contribution is 2.35. The number of cyclic esters (lactones) is 1. The average Bonchev–Trinajstić information content (AvgIpc) is 2.79. The number of anilines is 1. The van der Waals surface area contributed by atoms with Crippen LogP contribution in [0.5, 0.6) is 0 Å². The van der Waals surface area contributed by atoms with Gasteiger partial charge in [0.15, 0.2) is 0 Å². The number of carbonyl (C=O) groups is 1. The third kappa shape index (κ3) is 3.47. The quantitative estimate of drug-likeness (QED) is 0.608. The van der Waals surface area contributed by atoms with Gasteiger partial charge >= 0.3 is 6.09 Å². The maximum atomic E-state index is 13.3. The van der Waals surface area contributed by atoms with E-state index >= 15 is 0 Å². The predicted molar refractivity (Wildman–Crippen MR) is 120 cm³/mol. The molecular formula is C24H24N2O4S. The number of benzene rings is 3. The average molecular weight is 437 g/mol. The molecule has 6 nitrogen and oxygen atoms in total. The Labute approximate surface area is 182 Å². The lowest BCUT2D eigenvalue weighted by Crippen LogP contribution is -2.50. The minimum Gasteiger partial charge on any atom is -0.444 e. The van der Waals surface area contributed by atoms with Crippen LogP contribution in [0.4, 0.5) is 10.5 Å². The van der Waals surface area contributed by atoms with Gasteiger partial charge in [-0.05, 0) is 48.2 Å². The van der Waals surface area contributed by atoms with Crippen LogP contribution in [0.1, 0.15) is 24.0 Å². The lowest BCUT2D eigenvalue weighted by molar-refractivity contribution is 0.135. The van der Waals surface area contributed by atoms with Crippen molar-refractivity contribution in [3.63, 3.8) is 0 Å². The standard InChI is InChI=1S/C24H24N2O4S/c1-17-5-4-8-20-16-30-24(27)26(23(17)20)21-11-13-25(14-12-21)31(28,29)22-10-9-18-6-2-3-7-19(18)15-22/h2-10,15,21H,11-14,16H2,1H3. The first-order chi connectivity index (χ1) is 14.9. The highest BCUT2D eigenvalue weighted by Gasteiger charge is 2.37. The molecule has 0 atom stereocenters. The van der Waals surface area contributed by atoms with Crippen molar-refractivity contribution in [1.82, 2.24) is 4.31 Å². The molecule has 160 valence electrons. The fourth-order valence-corrected chi connectivity index (χ4v) is 6.14. The first kappa shape index (κ1) is 20.0. The number of nitrogens with zero attached hydrogens (tertiary/aromatic N) is 2. The molecule has 2 aliphatic heterocycles. The van der Waals surface area contributed by atoms with Crippen LogP contribution < -0.4 is 4.90 Å². The van der Waals surface area contributed by atoms with Crippen molar-refractivity contribution in [2.75, 3.05) is 18.0 Å². The van der Waals surface area contributed by atoms with Crippen LogP contribution >= 0.6 is 0 Å². The Morgan fingerprint density at radius 3 is 2.45 bits per heavy atom. The Kier molecular flexibility index (Phi) is 4.95. The van der Waals surface area contributed by atoms with Crippen molar-refractivity contribution in [2.24, 2.45) is 0 Å². The zero-order valence-electron chi connectivity index (χ0n) is 17.3. The molecular weight excluding hydrogens is 412 g/mol. The highest BCUT2D eigenvalue weighted by atomic mass is 32.2. The first-order valence-corrected chi connectivity index (χ1v) is 11.9. The first-order valence-electron chi connectivity index (χ1n) is 10.5. The number of amides is 1. The molecule has 2 heterocycles. The maximum Gasteiger partial charge on any atom is 0.414 e. The fourth-order valence-electron chi connectivity index (χ4n) is 4.63. The van der Waals surface area contributed by atoms with Gasteiger partial charge < -0.3 is 4.74 Å². The van der Waals surface area contributed by atoms with Gasteiger partial charge in [0.1, 0.15) is 6.61 Å². The fraction of sp³-hybridized carbons (Fsp3) is 0.292. The van der Waals surface area contributed by atoms with Crippen molar-refractivity contribution in [2.45, 2.75) is 37.3 Å². The van der Waals surface area contributed by atoms with E-state index in [1.54, 1.807) is 17.0 Å². The smallest absolute Gasteiger partial charge is 0.414 e. The molecule has 1 amide bonds. The van der Waals surface area contributed by atoms with E-state index in [0.29, 0.717) is 30.8 Å². The van der Waals surface area contributed by atoms with Crippen molar-refractivity contribution in [3.05, 3.63) is 71.8 Å². The summed E-state index contributed by atoms with van der Waals surface area (Å²) in [5, 5.41) is 1.92. The van der Waals surface area contributed by atoms with Crippen molar-refractivity contribution in [1.29, 1.82) is 0 Å². The van der Waals surface area contributed by atoms with E-state index in [1.165, 1.54) is 4.31 Å². The number of hydrogen-bond donors (Lipinski definition) is 0. The number of ether oxygens (including phenoxy) is 1. The summed E-state index contributed by atoms with van der Waals surface area (Å²) >= 11 is 0. The van der Waals surface area contributed by atoms with Gasteiger partial charge in [-0.1, -0.05) is 48.5 Å². The second-order valence-corrected chi connectivity index (χ2v) is 10.1. The molecule has 0 N–H and O–H groups in total. The molecule has 31 heavy (non-hydrogen) atoms. The maximum absolute atomic E-state index is 13.3. The third-order valence-corrected chi connectivity index (χ3v) is 8.15. The molecule has 1 saturated heterocycles. The highest BCUT2D eigenvalue weighted by molar-refractivity contribution is 7.89. The van der Waals surface area contributed by atoms with E-state index in [9.17, 15) is 13.2 Å². The minimum absolute atomic E-state index is 0.0873. The van der Waals surface area contributed by atoms with Gasteiger partial charge in [0, 0.05) is 24.7 Å². The van der Waals surface area contributed by atoms with Gasteiger partial charge in [-0.3, -0.25) is 4.90 Å². The zero-order chi connectivity index (χ0) is 21.6. The van der Waals surface area contributed by atoms with Crippen molar-refractivity contribution >= 4 is 32.6 Å². The summed E-state index contributed by atoms with van der Waals surface area (Å²) in [6.45, 7) is 3.00. The Balaban J connectivity index is 1.37. The lowest BCUT2D eigenvalue weighted by atomic mass is 10.00. The van der Waals surface area contributed by atoms with Gasteiger partial charge in [0.05, 0.1) is 10.6 Å². The van der Waals surface area contributed by atoms with E-state index in [1.807, 2.05) is 55.5 Å². The summed E-state index contributed by atoms with van der Waals surface area (Å²) in [6.07, 6.45) is 0.781. The molecule has 0 spiro atoms. The number of carbonyl (C=O) groups excluding carboxylic acids is 1. The SMILES string of the molecule is Cc1cccc2c1N(C1CCN(S(=O)(=O)c3ccc4ccccc4c3)CC1)C(=O)OC2. The third-order valence-electron chi connectivity index (χ3n) is 6.26. The van der Waals surface area contributed by atoms with Gasteiger partial charge in [-0.2, -0.15) is 4.31 Å². The molecule has 1 fully saturated rings. The van der Waals surface area contributed by atoms with E-state index in [-0.39, 0.29) is 18.7 Å². The summed E-state index contributed by atoms with van der Waals surface area (Å²) < 4.78 is 33.4. The molecule has 2 aliphatic rings. The van der Waals surface area contributed by atoms with Crippen molar-refractivity contribution in [3.8, 4) is 0 Å². The van der Waals surface area contributed by atoms with E-state index < -0.39 is 10.0 Å². The molecule has 3 aromatic rings. The van der Waals surface area contributed by atoms with Crippen LogP contribution in [-0.2, 0) is 21.4 Å². The van der Waals surface area contributed by atoms with Crippen LogP contribution in [0, 0.1) is 6.92 Å². The van der Waals surface area contributed by atoms with Gasteiger partial charge in [0.2, 0.25) is 10.0 Å². The van der Waals surface area contributed by atoms with E-state index in [0.717, 1.165) is 27.6 Å². The molecule has 0 radical (unpaired) electrons. The Morgan fingerprint density at radius 2 is 1.68 bits per heavy atom. The summed E-state index contributed by atoms with van der Waals surface area (Å²) in [5.74, 6) is 0. The number of rotatable bonds is 3. The summed E-state index contributed by atoms with van der Waals surface area (Å²) in [6, 6.07) is 18.8. The van der Waals surface area contributed by atoms with Crippen LogP contribution in [0.15, 0.2) is 65.6 Å². The number of sulfonamides is 1. The zero-order valence-corrected chi connectivity index (χ0v) is 18.1. The Morgan fingerprint density at radius 1 is 0.935 bits per heavy atom. The normalized spacial score (nSPS) is 18.1. The van der Waals surface area contributed by atoms with Gasteiger partial charge in [0.25, 0.3) is 0 Å². The Hall–Kier alpha value is -2.90. The van der Waals surface area contributed by atoms with Gasteiger partial charge in [-0.15, -0.1) is 0 Å². The minimum atomic E-state index is -3.59. The summed E-state index contributed by atoms with van der Waals surface area (Å²) in [7, 11) is -3.59. The molecule has 0 aromatic heterocycles. The van der Waals surface area contributed by atoms with Crippen LogP contribution in [0.2, 0.25) is 0 Å². The lowest BCUT2D eigenvalue weighted by Gasteiger charge is -2.40. The Bertz CT molecular complexity index is 1260. The van der Waals surface area contributed by atoms with E-state index in [2.05, 4.69) is 0 Å². The van der Waals surface area contributed by atoms with Crippen LogP contribution in [0.25, 0.3) is 10.8 Å². The summed E-state index contributed by atoms with van der Waals surface area (Å²) in [5.41, 5.74) is 2.93. The number of hydrogen-bond acceptors (Lipinski definition) is 4. The number of piperidine rings is 1. The molecule has 3 aromatic carbocycles. The number of fused-ring (bicyclic) bond motifs is 2. The predicted octanol–water partition coefficient (Wildman–Crippen LogP) is 4.46. The number of para-hydroxylation sites is 1. The topological polar surface area (TPSA) is 66.9 Å². The number of aryl methyl sites for hydroxylation is 1. The molecule has 0 unspecified atom stereocenters. The van der Waals surface area contributed by atoms with Crippen LogP contribution in [0.3, 0.4) is 0 Å². The summed E-state index contributed by atoms with van der Waals surface area (Å²) in [4.78, 5) is 14.6. The molecule has 0 bridgehead atoms. The van der Waals surface area contributed by atoms with Gasteiger partial charge in [-0.25, -0.2) is 13.2 Å². The molecule has 5 rings (SSSR count).